The number of nitrogens with zero attached hydrogens (tertiary/aromatic N) is 3. The zero-order chi connectivity index (χ0) is 18.9. The molecule has 0 atom stereocenters. The van der Waals surface area contributed by atoms with Gasteiger partial charge in [0.1, 0.15) is 0 Å². The molecule has 1 aliphatic rings. The first-order valence-electron chi connectivity index (χ1n) is 9.39. The van der Waals surface area contributed by atoms with Gasteiger partial charge in [-0.25, -0.2) is 0 Å². The predicted octanol–water partition coefficient (Wildman–Crippen LogP) is 1.73. The van der Waals surface area contributed by atoms with Gasteiger partial charge >= 0.3 is 0 Å². The Hall–Kier alpha value is -1.79. The first kappa shape index (κ1) is 20.5. The lowest BCUT2D eigenvalue weighted by Crippen LogP contribution is -2.49. The summed E-state index contributed by atoms with van der Waals surface area (Å²) in [7, 11) is 7.47. The molecule has 0 spiro atoms. The molecule has 1 fully saturated rings. The van der Waals surface area contributed by atoms with Gasteiger partial charge in [0.2, 0.25) is 5.91 Å². The Bertz CT molecular complexity index is 569. The van der Waals surface area contributed by atoms with E-state index in [4.69, 9.17) is 9.47 Å². The van der Waals surface area contributed by atoms with Crippen molar-refractivity contribution in [2.75, 3.05) is 67.6 Å². The van der Waals surface area contributed by atoms with E-state index in [9.17, 15) is 4.79 Å². The lowest BCUT2D eigenvalue weighted by Gasteiger charge is -2.35. The molecule has 6 nitrogen and oxygen atoms in total. The number of rotatable bonds is 9. The summed E-state index contributed by atoms with van der Waals surface area (Å²) in [6.45, 7) is 5.88. The number of carbonyl (C=O) groups excluding carboxylic acids is 1. The Morgan fingerprint density at radius 2 is 1.77 bits per heavy atom. The maximum Gasteiger partial charge on any atom is 0.222 e. The zero-order valence-corrected chi connectivity index (χ0v) is 16.7. The Kier molecular flexibility index (Phi) is 8.19. The summed E-state index contributed by atoms with van der Waals surface area (Å²) in [5, 5.41) is 0. The predicted molar refractivity (Wildman–Crippen MR) is 104 cm³/mol. The molecule has 0 aromatic heterocycles. The van der Waals surface area contributed by atoms with Crippen molar-refractivity contribution < 1.29 is 14.3 Å². The minimum Gasteiger partial charge on any atom is -0.493 e. The molecule has 2 rings (SSSR count). The number of hydrogen-bond donors (Lipinski definition) is 0. The van der Waals surface area contributed by atoms with E-state index in [0.29, 0.717) is 17.9 Å². The molecular weight excluding hydrogens is 330 g/mol. The fraction of sp³-hybridized carbons (Fsp3) is 0.650. The second-order valence-corrected chi connectivity index (χ2v) is 7.07. The largest absolute Gasteiger partial charge is 0.493 e. The van der Waals surface area contributed by atoms with Gasteiger partial charge in [0.05, 0.1) is 14.2 Å². The van der Waals surface area contributed by atoms with Crippen molar-refractivity contribution in [3.63, 3.8) is 0 Å². The van der Waals surface area contributed by atoms with Crippen molar-refractivity contribution in [3.8, 4) is 11.5 Å². The summed E-state index contributed by atoms with van der Waals surface area (Å²) in [5.41, 5.74) is 1.10. The number of hydrogen-bond acceptors (Lipinski definition) is 5. The minimum absolute atomic E-state index is 0.243. The van der Waals surface area contributed by atoms with E-state index in [1.807, 2.05) is 23.1 Å². The summed E-state index contributed by atoms with van der Waals surface area (Å²) >= 11 is 0. The highest BCUT2D eigenvalue weighted by Crippen LogP contribution is 2.28. The lowest BCUT2D eigenvalue weighted by atomic mass is 10.1. The van der Waals surface area contributed by atoms with E-state index >= 15 is 0 Å². The van der Waals surface area contributed by atoms with Gasteiger partial charge in [0, 0.05) is 32.6 Å². The van der Waals surface area contributed by atoms with Gasteiger partial charge in [-0.1, -0.05) is 6.07 Å². The molecule has 1 aliphatic heterocycles. The number of amides is 1. The molecule has 0 unspecified atom stereocenters. The van der Waals surface area contributed by atoms with E-state index in [-0.39, 0.29) is 5.91 Å². The van der Waals surface area contributed by atoms with Crippen LogP contribution < -0.4 is 9.47 Å². The molecule has 0 aliphatic carbocycles. The summed E-state index contributed by atoms with van der Waals surface area (Å²) in [6.07, 6.45) is 2.44. The Morgan fingerprint density at radius 1 is 1.08 bits per heavy atom. The quantitative estimate of drug-likeness (QED) is 0.669. The van der Waals surface area contributed by atoms with Gasteiger partial charge in [-0.2, -0.15) is 0 Å². The standard InChI is InChI=1S/C20H33N3O3/c1-21(2)10-5-11-22-12-14-23(15-13-22)20(24)9-7-17-6-8-18(25-3)19(16-17)26-4/h6,8,16H,5,7,9-15H2,1-4H3. The van der Waals surface area contributed by atoms with Crippen LogP contribution in [0.4, 0.5) is 0 Å². The third-order valence-corrected chi connectivity index (χ3v) is 4.88. The third-order valence-electron chi connectivity index (χ3n) is 4.88. The Labute approximate surface area is 157 Å². The van der Waals surface area contributed by atoms with Crippen LogP contribution in [0.2, 0.25) is 0 Å². The first-order chi connectivity index (χ1) is 12.5. The fourth-order valence-electron chi connectivity index (χ4n) is 3.28. The van der Waals surface area contributed by atoms with Crippen molar-refractivity contribution in [1.82, 2.24) is 14.7 Å². The second kappa shape index (κ2) is 10.4. The summed E-state index contributed by atoms with van der Waals surface area (Å²) < 4.78 is 10.6. The number of piperazine rings is 1. The molecule has 1 saturated heterocycles. The first-order valence-corrected chi connectivity index (χ1v) is 9.39. The van der Waals surface area contributed by atoms with Crippen molar-refractivity contribution >= 4 is 5.91 Å². The van der Waals surface area contributed by atoms with E-state index in [2.05, 4.69) is 23.9 Å². The maximum absolute atomic E-state index is 12.5. The van der Waals surface area contributed by atoms with Crippen LogP contribution in [0.25, 0.3) is 0 Å². The topological polar surface area (TPSA) is 45.2 Å². The average molecular weight is 364 g/mol. The van der Waals surface area contributed by atoms with E-state index in [0.717, 1.165) is 51.3 Å². The minimum atomic E-state index is 0.243. The molecule has 1 heterocycles. The zero-order valence-electron chi connectivity index (χ0n) is 16.7. The number of methoxy groups -OCH3 is 2. The van der Waals surface area contributed by atoms with Gasteiger partial charge < -0.3 is 19.3 Å². The van der Waals surface area contributed by atoms with Crippen LogP contribution in [0.1, 0.15) is 18.4 Å². The van der Waals surface area contributed by atoms with Crippen LogP contribution in [0.5, 0.6) is 11.5 Å². The highest BCUT2D eigenvalue weighted by Gasteiger charge is 2.20. The molecule has 1 aromatic rings. The van der Waals surface area contributed by atoms with Crippen molar-refractivity contribution in [2.45, 2.75) is 19.3 Å². The van der Waals surface area contributed by atoms with Crippen LogP contribution in [0.3, 0.4) is 0 Å². The molecule has 1 aromatic carbocycles. The van der Waals surface area contributed by atoms with E-state index in [1.54, 1.807) is 14.2 Å². The van der Waals surface area contributed by atoms with Gasteiger partial charge in [0.25, 0.3) is 0 Å². The van der Waals surface area contributed by atoms with Gasteiger partial charge in [-0.05, 0) is 57.7 Å². The van der Waals surface area contributed by atoms with Gasteiger partial charge in [0.15, 0.2) is 11.5 Å². The number of aryl methyl sites for hydroxylation is 1. The SMILES string of the molecule is COc1ccc(CCC(=O)N2CCN(CCCN(C)C)CC2)cc1OC. The van der Waals surface area contributed by atoms with Crippen molar-refractivity contribution in [2.24, 2.45) is 0 Å². The third kappa shape index (κ3) is 6.18. The second-order valence-electron chi connectivity index (χ2n) is 7.07. The molecule has 146 valence electrons. The highest BCUT2D eigenvalue weighted by atomic mass is 16.5. The summed E-state index contributed by atoms with van der Waals surface area (Å²) in [4.78, 5) is 19.2. The highest BCUT2D eigenvalue weighted by molar-refractivity contribution is 5.76. The van der Waals surface area contributed by atoms with Crippen LogP contribution in [-0.4, -0.2) is 88.2 Å². The normalized spacial score (nSPS) is 15.3. The molecular formula is C20H33N3O3. The van der Waals surface area contributed by atoms with Crippen LogP contribution >= 0.6 is 0 Å². The van der Waals surface area contributed by atoms with Crippen molar-refractivity contribution in [1.29, 1.82) is 0 Å². The molecule has 6 heteroatoms. The molecule has 0 radical (unpaired) electrons. The molecule has 26 heavy (non-hydrogen) atoms. The maximum atomic E-state index is 12.5. The molecule has 0 saturated carbocycles. The van der Waals surface area contributed by atoms with Crippen LogP contribution in [0, 0.1) is 0 Å². The summed E-state index contributed by atoms with van der Waals surface area (Å²) in [6, 6.07) is 5.84. The number of carbonyl (C=O) groups is 1. The smallest absolute Gasteiger partial charge is 0.222 e. The fourth-order valence-corrected chi connectivity index (χ4v) is 3.28. The molecule has 0 bridgehead atoms. The van der Waals surface area contributed by atoms with Crippen LogP contribution in [-0.2, 0) is 11.2 Å². The monoisotopic (exact) mass is 363 g/mol. The average Bonchev–Trinajstić information content (AvgIpc) is 2.66. The van der Waals surface area contributed by atoms with E-state index < -0.39 is 0 Å². The van der Waals surface area contributed by atoms with Gasteiger partial charge in [-0.15, -0.1) is 0 Å². The van der Waals surface area contributed by atoms with Crippen LogP contribution in [0.15, 0.2) is 18.2 Å². The summed E-state index contributed by atoms with van der Waals surface area (Å²) in [5.74, 6) is 1.67. The Morgan fingerprint density at radius 3 is 2.38 bits per heavy atom. The molecule has 0 N–H and O–H groups in total. The lowest BCUT2D eigenvalue weighted by molar-refractivity contribution is -0.132. The number of benzene rings is 1. The number of ether oxygens (including phenoxy) is 2. The van der Waals surface area contributed by atoms with E-state index in [1.165, 1.54) is 6.42 Å². The molecule has 1 amide bonds. The Balaban J connectivity index is 1.74. The van der Waals surface area contributed by atoms with Crippen molar-refractivity contribution in [3.05, 3.63) is 23.8 Å². The van der Waals surface area contributed by atoms with Gasteiger partial charge in [-0.3, -0.25) is 9.69 Å².